The summed E-state index contributed by atoms with van der Waals surface area (Å²) in [6.45, 7) is 2.81. The van der Waals surface area contributed by atoms with E-state index in [4.69, 9.17) is 0 Å². The highest BCUT2D eigenvalue weighted by atomic mass is 32.2. The summed E-state index contributed by atoms with van der Waals surface area (Å²) in [5.74, 6) is 0.850. The number of aryl methyl sites for hydroxylation is 2. The van der Waals surface area contributed by atoms with E-state index in [0.29, 0.717) is 13.0 Å². The summed E-state index contributed by atoms with van der Waals surface area (Å²) in [5, 5.41) is 3.95. The zero-order valence-electron chi connectivity index (χ0n) is 14.7. The lowest BCUT2D eigenvalue weighted by Gasteiger charge is -2.23. The Morgan fingerprint density at radius 2 is 2.23 bits per heavy atom. The van der Waals surface area contributed by atoms with Crippen LogP contribution in [0.25, 0.3) is 10.2 Å². The highest BCUT2D eigenvalue weighted by Crippen LogP contribution is 2.40. The summed E-state index contributed by atoms with van der Waals surface area (Å²) < 4.78 is 23.1. The number of hydrogen-bond acceptors (Lipinski definition) is 7. The van der Waals surface area contributed by atoms with Crippen molar-refractivity contribution in [1.82, 2.24) is 15.3 Å². The molecule has 0 aromatic carbocycles. The standard InChI is InChI=1S/C17H22N4O3S2/c1-2-21(8-14(22)20-11-6-7-26(23,24)9-11)16-15-12-4-3-5-13(12)25-17(15)19-10-18-16/h10-11H,2-9H2,1H3,(H,20,22)/t11-/m0/s1. The molecule has 2 aromatic heterocycles. The molecule has 0 spiro atoms. The first-order valence-corrected chi connectivity index (χ1v) is 11.6. The van der Waals surface area contributed by atoms with E-state index < -0.39 is 9.84 Å². The van der Waals surface area contributed by atoms with Crippen molar-refractivity contribution in [2.75, 3.05) is 29.5 Å². The van der Waals surface area contributed by atoms with Gasteiger partial charge in [-0.3, -0.25) is 4.79 Å². The van der Waals surface area contributed by atoms with E-state index >= 15 is 0 Å². The second-order valence-corrected chi connectivity index (χ2v) is 10.2. The van der Waals surface area contributed by atoms with E-state index in [1.807, 2.05) is 11.8 Å². The van der Waals surface area contributed by atoms with Gasteiger partial charge < -0.3 is 10.2 Å². The average molecular weight is 395 g/mol. The Kier molecular flexibility index (Phi) is 4.60. The SMILES string of the molecule is CCN(CC(=O)N[C@H]1CCS(=O)(=O)C1)c1ncnc2sc3c(c12)CCC3. The minimum absolute atomic E-state index is 0.0423. The number of anilines is 1. The Bertz CT molecular complexity index is 954. The van der Waals surface area contributed by atoms with Gasteiger partial charge in [-0.05, 0) is 38.2 Å². The Morgan fingerprint density at radius 3 is 2.96 bits per heavy atom. The molecular formula is C17H22N4O3S2. The van der Waals surface area contributed by atoms with Gasteiger partial charge in [0, 0.05) is 17.5 Å². The third-order valence-electron chi connectivity index (χ3n) is 5.09. The third-order valence-corrected chi connectivity index (χ3v) is 8.06. The number of fused-ring (bicyclic) bond motifs is 3. The van der Waals surface area contributed by atoms with Crippen molar-refractivity contribution in [3.63, 3.8) is 0 Å². The molecule has 9 heteroatoms. The third kappa shape index (κ3) is 3.29. The van der Waals surface area contributed by atoms with Crippen molar-refractivity contribution in [1.29, 1.82) is 0 Å². The molecule has 3 heterocycles. The van der Waals surface area contributed by atoms with Gasteiger partial charge in [-0.1, -0.05) is 0 Å². The van der Waals surface area contributed by atoms with Crippen LogP contribution in [0.15, 0.2) is 6.33 Å². The van der Waals surface area contributed by atoms with Crippen LogP contribution in [0.1, 0.15) is 30.2 Å². The van der Waals surface area contributed by atoms with Crippen molar-refractivity contribution in [2.45, 2.75) is 38.6 Å². The Hall–Kier alpha value is -1.74. The lowest BCUT2D eigenvalue weighted by Crippen LogP contribution is -2.43. The predicted molar refractivity (Wildman–Crippen MR) is 103 cm³/mol. The van der Waals surface area contributed by atoms with Crippen LogP contribution in [0.2, 0.25) is 0 Å². The maximum absolute atomic E-state index is 12.5. The maximum atomic E-state index is 12.5. The molecular weight excluding hydrogens is 372 g/mol. The smallest absolute Gasteiger partial charge is 0.239 e. The summed E-state index contributed by atoms with van der Waals surface area (Å²) >= 11 is 1.73. The van der Waals surface area contributed by atoms with Crippen LogP contribution in [-0.2, 0) is 27.5 Å². The number of sulfone groups is 1. The van der Waals surface area contributed by atoms with Crippen molar-refractivity contribution in [3.05, 3.63) is 16.8 Å². The van der Waals surface area contributed by atoms with Crippen molar-refractivity contribution >= 4 is 43.1 Å². The lowest BCUT2D eigenvalue weighted by molar-refractivity contribution is -0.120. The van der Waals surface area contributed by atoms with Crippen LogP contribution < -0.4 is 10.2 Å². The number of rotatable bonds is 5. The zero-order chi connectivity index (χ0) is 18.3. The Balaban J connectivity index is 1.54. The number of nitrogens with one attached hydrogen (secondary N) is 1. The van der Waals surface area contributed by atoms with Crippen LogP contribution in [0, 0.1) is 0 Å². The van der Waals surface area contributed by atoms with Gasteiger partial charge >= 0.3 is 0 Å². The van der Waals surface area contributed by atoms with Crippen molar-refractivity contribution in [2.24, 2.45) is 0 Å². The fourth-order valence-electron chi connectivity index (χ4n) is 3.84. The molecule has 7 nitrogen and oxygen atoms in total. The van der Waals surface area contributed by atoms with E-state index in [2.05, 4.69) is 15.3 Å². The monoisotopic (exact) mass is 394 g/mol. The van der Waals surface area contributed by atoms with Gasteiger partial charge in [0.15, 0.2) is 9.84 Å². The fraction of sp³-hybridized carbons (Fsp3) is 0.588. The molecule has 1 saturated heterocycles. The number of thiophene rings is 1. The number of carbonyl (C=O) groups is 1. The van der Waals surface area contributed by atoms with Crippen molar-refractivity contribution in [3.8, 4) is 0 Å². The molecule has 0 radical (unpaired) electrons. The molecule has 0 saturated carbocycles. The molecule has 2 aromatic rings. The van der Waals surface area contributed by atoms with Gasteiger partial charge in [0.2, 0.25) is 5.91 Å². The number of hydrogen-bond donors (Lipinski definition) is 1. The molecule has 1 atom stereocenters. The second-order valence-electron chi connectivity index (χ2n) is 6.92. The zero-order valence-corrected chi connectivity index (χ0v) is 16.3. The fourth-order valence-corrected chi connectivity index (χ4v) is 6.74. The average Bonchev–Trinajstić information content (AvgIpc) is 3.26. The van der Waals surface area contributed by atoms with E-state index in [9.17, 15) is 13.2 Å². The van der Waals surface area contributed by atoms with Gasteiger partial charge in [0.1, 0.15) is 17.0 Å². The molecule has 1 aliphatic carbocycles. The number of likely N-dealkylation sites (N-methyl/N-ethyl adjacent to an activating group) is 1. The molecule has 4 rings (SSSR count). The maximum Gasteiger partial charge on any atom is 0.239 e. The van der Waals surface area contributed by atoms with E-state index in [1.54, 1.807) is 17.7 Å². The molecule has 26 heavy (non-hydrogen) atoms. The highest BCUT2D eigenvalue weighted by molar-refractivity contribution is 7.91. The van der Waals surface area contributed by atoms with Crippen molar-refractivity contribution < 1.29 is 13.2 Å². The molecule has 1 fully saturated rings. The van der Waals surface area contributed by atoms with Gasteiger partial charge in [0.25, 0.3) is 0 Å². The minimum atomic E-state index is -3.00. The topological polar surface area (TPSA) is 92.3 Å². The van der Waals surface area contributed by atoms with E-state index in [0.717, 1.165) is 35.3 Å². The first kappa shape index (κ1) is 17.7. The van der Waals surface area contributed by atoms with Gasteiger partial charge in [-0.25, -0.2) is 18.4 Å². The minimum Gasteiger partial charge on any atom is -0.351 e. The molecule has 1 amide bonds. The molecule has 0 bridgehead atoms. The first-order valence-electron chi connectivity index (χ1n) is 8.97. The van der Waals surface area contributed by atoms with Gasteiger partial charge in [-0.2, -0.15) is 0 Å². The van der Waals surface area contributed by atoms with E-state index in [-0.39, 0.29) is 30.0 Å². The van der Waals surface area contributed by atoms with Crippen LogP contribution in [-0.4, -0.2) is 54.9 Å². The summed E-state index contributed by atoms with van der Waals surface area (Å²) in [5.41, 5.74) is 1.33. The lowest BCUT2D eigenvalue weighted by atomic mass is 10.2. The molecule has 1 N–H and O–H groups in total. The molecule has 2 aliphatic rings. The molecule has 1 aliphatic heterocycles. The number of amides is 1. The van der Waals surface area contributed by atoms with Crippen LogP contribution >= 0.6 is 11.3 Å². The van der Waals surface area contributed by atoms with Gasteiger partial charge in [0.05, 0.1) is 23.4 Å². The summed E-state index contributed by atoms with van der Waals surface area (Å²) in [7, 11) is -3.00. The normalized spacial score (nSPS) is 21.0. The van der Waals surface area contributed by atoms with Crippen LogP contribution in [0.5, 0.6) is 0 Å². The van der Waals surface area contributed by atoms with Gasteiger partial charge in [-0.15, -0.1) is 11.3 Å². The number of nitrogens with zero attached hydrogens (tertiary/aromatic N) is 3. The van der Waals surface area contributed by atoms with E-state index in [1.165, 1.54) is 10.4 Å². The summed E-state index contributed by atoms with van der Waals surface area (Å²) in [4.78, 5) is 25.7. The predicted octanol–water partition coefficient (Wildman–Crippen LogP) is 1.31. The Morgan fingerprint density at radius 1 is 1.38 bits per heavy atom. The number of aromatic nitrogens is 2. The molecule has 140 valence electrons. The molecule has 0 unspecified atom stereocenters. The van der Waals surface area contributed by atoms with Crippen LogP contribution in [0.4, 0.5) is 5.82 Å². The first-order chi connectivity index (χ1) is 12.5. The second kappa shape index (κ2) is 6.77. The highest BCUT2D eigenvalue weighted by Gasteiger charge is 2.30. The number of carbonyl (C=O) groups excluding carboxylic acids is 1. The quantitative estimate of drug-likeness (QED) is 0.822. The van der Waals surface area contributed by atoms with Crippen LogP contribution in [0.3, 0.4) is 0 Å². The Labute approximate surface area is 156 Å². The summed E-state index contributed by atoms with van der Waals surface area (Å²) in [6.07, 6.45) is 5.36. The summed E-state index contributed by atoms with van der Waals surface area (Å²) in [6, 6.07) is -0.276. The largest absolute Gasteiger partial charge is 0.351 e.